The molecule has 0 aliphatic heterocycles. The Labute approximate surface area is 75.4 Å². The number of alkyl halides is 1. The van der Waals surface area contributed by atoms with Gasteiger partial charge in [0.15, 0.2) is 0 Å². The van der Waals surface area contributed by atoms with Gasteiger partial charge in [0.25, 0.3) is 0 Å². The summed E-state index contributed by atoms with van der Waals surface area (Å²) in [6.07, 6.45) is 1.10. The number of ether oxygens (including phenoxy) is 1. The quantitative estimate of drug-likeness (QED) is 0.299. The predicted octanol–water partition coefficient (Wildman–Crippen LogP) is 2.42. The molecule has 11 heavy (non-hydrogen) atoms. The fraction of sp³-hybridized carbons (Fsp3) is 0.286. The fourth-order valence-corrected chi connectivity index (χ4v) is 0.357. The molecule has 62 valence electrons. The molecule has 0 aromatic rings. The molecule has 0 bridgehead atoms. The van der Waals surface area contributed by atoms with Crippen molar-refractivity contribution < 1.29 is 9.53 Å². The lowest BCUT2D eigenvalue weighted by atomic mass is 10.4. The zero-order chi connectivity index (χ0) is 8.85. The second kappa shape index (κ2) is 5.22. The van der Waals surface area contributed by atoms with Crippen molar-refractivity contribution in [2.24, 2.45) is 0 Å². The van der Waals surface area contributed by atoms with E-state index in [1.54, 1.807) is 6.92 Å². The van der Waals surface area contributed by atoms with E-state index in [9.17, 15) is 4.79 Å². The van der Waals surface area contributed by atoms with Crippen molar-refractivity contribution in [2.45, 2.75) is 6.92 Å². The van der Waals surface area contributed by atoms with Crippen molar-refractivity contribution in [3.8, 4) is 0 Å². The smallest absolute Gasteiger partial charge is 0.337 e. The maximum Gasteiger partial charge on any atom is 0.337 e. The number of halogens is 2. The van der Waals surface area contributed by atoms with Crippen LogP contribution in [-0.2, 0) is 9.53 Å². The lowest BCUT2D eigenvalue weighted by molar-refractivity contribution is -0.133. The minimum Gasteiger partial charge on any atom is -0.430 e. The summed E-state index contributed by atoms with van der Waals surface area (Å²) in [6, 6.07) is 0. The highest BCUT2D eigenvalue weighted by Gasteiger charge is 2.00. The molecular weight excluding hydrogens is 187 g/mol. The molecule has 0 aromatic heterocycles. The topological polar surface area (TPSA) is 26.3 Å². The number of carbonyl (C=O) groups excluding carboxylic acids is 1. The second-order valence-corrected chi connectivity index (χ2v) is 2.64. The molecule has 0 unspecified atom stereocenters. The molecule has 0 radical (unpaired) electrons. The van der Waals surface area contributed by atoms with Crippen LogP contribution in [0.1, 0.15) is 6.92 Å². The van der Waals surface area contributed by atoms with Gasteiger partial charge in [0, 0.05) is 5.57 Å². The number of rotatable bonds is 3. The highest BCUT2D eigenvalue weighted by Crippen LogP contribution is 2.04. The van der Waals surface area contributed by atoms with Gasteiger partial charge in [0.1, 0.15) is 6.26 Å². The van der Waals surface area contributed by atoms with Gasteiger partial charge in [0.05, 0.1) is 10.9 Å². The van der Waals surface area contributed by atoms with Crippen molar-refractivity contribution in [3.63, 3.8) is 0 Å². The van der Waals surface area contributed by atoms with Crippen molar-refractivity contribution in [3.05, 3.63) is 23.4 Å². The first-order valence-electron chi connectivity index (χ1n) is 2.85. The molecular formula is C7H8Cl2O2. The summed E-state index contributed by atoms with van der Waals surface area (Å²) in [4.78, 5) is 10.7. The number of carbonyl (C=O) groups is 1. The summed E-state index contributed by atoms with van der Waals surface area (Å²) in [5.74, 6) is -0.376. The third-order valence-corrected chi connectivity index (χ3v) is 1.42. The molecule has 0 fully saturated rings. The van der Waals surface area contributed by atoms with E-state index >= 15 is 0 Å². The maximum absolute atomic E-state index is 10.7. The van der Waals surface area contributed by atoms with Crippen molar-refractivity contribution in [1.29, 1.82) is 0 Å². The Morgan fingerprint density at radius 3 is 2.64 bits per heavy atom. The van der Waals surface area contributed by atoms with Crippen LogP contribution in [-0.4, -0.2) is 11.8 Å². The number of esters is 1. The van der Waals surface area contributed by atoms with Crippen molar-refractivity contribution in [2.75, 3.05) is 5.88 Å². The normalized spacial score (nSPS) is 11.0. The van der Waals surface area contributed by atoms with Gasteiger partial charge in [-0.25, -0.2) is 4.79 Å². The molecule has 0 amide bonds. The Hall–Kier alpha value is -0.470. The highest BCUT2D eigenvalue weighted by atomic mass is 35.5. The monoisotopic (exact) mass is 194 g/mol. The molecule has 2 nitrogen and oxygen atoms in total. The van der Waals surface area contributed by atoms with Gasteiger partial charge in [-0.05, 0) is 6.92 Å². The molecule has 0 aliphatic rings. The third-order valence-electron chi connectivity index (χ3n) is 0.770. The van der Waals surface area contributed by atoms with E-state index in [-0.39, 0.29) is 10.9 Å². The van der Waals surface area contributed by atoms with E-state index in [1.807, 2.05) is 0 Å². The zero-order valence-electron chi connectivity index (χ0n) is 6.06. The van der Waals surface area contributed by atoms with Gasteiger partial charge in [0.2, 0.25) is 0 Å². The van der Waals surface area contributed by atoms with Crippen molar-refractivity contribution >= 4 is 29.2 Å². The van der Waals surface area contributed by atoms with Crippen LogP contribution >= 0.6 is 23.2 Å². The summed E-state index contributed by atoms with van der Waals surface area (Å²) in [6.45, 7) is 4.93. The molecule has 0 rings (SSSR count). The Bertz CT molecular complexity index is 197. The number of hydrogen-bond donors (Lipinski definition) is 0. The Kier molecular flexibility index (Phi) is 4.99. The van der Waals surface area contributed by atoms with E-state index in [2.05, 4.69) is 11.3 Å². The standard InChI is InChI=1S/C7H8Cl2O2/c1-5(2)7(10)11-4-6(9)3-8/h4H,1,3H2,2H3. The van der Waals surface area contributed by atoms with E-state index in [0.29, 0.717) is 5.57 Å². The summed E-state index contributed by atoms with van der Waals surface area (Å²) in [5, 5.41) is 0.279. The highest BCUT2D eigenvalue weighted by molar-refractivity contribution is 6.35. The molecule has 4 heteroatoms. The molecule has 0 N–H and O–H groups in total. The van der Waals surface area contributed by atoms with E-state index in [0.717, 1.165) is 6.26 Å². The fourth-order valence-electron chi connectivity index (χ4n) is 0.250. The van der Waals surface area contributed by atoms with Crippen LogP contribution in [0.5, 0.6) is 0 Å². The first kappa shape index (κ1) is 10.5. The molecule has 0 spiro atoms. The van der Waals surface area contributed by atoms with Crippen LogP contribution in [0.2, 0.25) is 0 Å². The summed E-state index contributed by atoms with van der Waals surface area (Å²) in [5.41, 5.74) is 0.320. The molecule has 0 saturated heterocycles. The number of allylic oxidation sites excluding steroid dienone is 1. The van der Waals surface area contributed by atoms with E-state index in [4.69, 9.17) is 23.2 Å². The van der Waals surface area contributed by atoms with Gasteiger partial charge in [-0.1, -0.05) is 18.2 Å². The minimum atomic E-state index is -0.506. The Balaban J connectivity index is 3.88. The molecule has 0 saturated carbocycles. The van der Waals surface area contributed by atoms with Crippen LogP contribution in [0, 0.1) is 0 Å². The first-order chi connectivity index (χ1) is 5.07. The van der Waals surface area contributed by atoms with Crippen molar-refractivity contribution in [1.82, 2.24) is 0 Å². The van der Waals surface area contributed by atoms with Gasteiger partial charge in [-0.2, -0.15) is 0 Å². The molecule has 0 atom stereocenters. The van der Waals surface area contributed by atoms with Crippen LogP contribution in [0.3, 0.4) is 0 Å². The largest absolute Gasteiger partial charge is 0.430 e. The average molecular weight is 195 g/mol. The average Bonchev–Trinajstić information content (AvgIpc) is 1.99. The predicted molar refractivity (Wildman–Crippen MR) is 45.6 cm³/mol. The first-order valence-corrected chi connectivity index (χ1v) is 3.76. The summed E-state index contributed by atoms with van der Waals surface area (Å²) >= 11 is 10.7. The van der Waals surface area contributed by atoms with Gasteiger partial charge in [-0.15, -0.1) is 11.6 Å². The van der Waals surface area contributed by atoms with Crippen LogP contribution in [0.25, 0.3) is 0 Å². The Morgan fingerprint density at radius 1 is 1.73 bits per heavy atom. The van der Waals surface area contributed by atoms with Crippen LogP contribution < -0.4 is 0 Å². The molecule has 0 heterocycles. The summed E-state index contributed by atoms with van der Waals surface area (Å²) in [7, 11) is 0. The lowest BCUT2D eigenvalue weighted by Crippen LogP contribution is -1.99. The molecule has 0 aromatic carbocycles. The third kappa shape index (κ3) is 4.87. The number of hydrogen-bond acceptors (Lipinski definition) is 2. The van der Waals surface area contributed by atoms with E-state index < -0.39 is 5.97 Å². The molecule has 0 aliphatic carbocycles. The minimum absolute atomic E-state index is 0.130. The lowest BCUT2D eigenvalue weighted by Gasteiger charge is -1.96. The Morgan fingerprint density at radius 2 is 2.27 bits per heavy atom. The zero-order valence-corrected chi connectivity index (χ0v) is 7.58. The van der Waals surface area contributed by atoms with Crippen LogP contribution in [0.4, 0.5) is 0 Å². The van der Waals surface area contributed by atoms with Gasteiger partial charge in [-0.3, -0.25) is 0 Å². The van der Waals surface area contributed by atoms with E-state index in [1.165, 1.54) is 0 Å². The van der Waals surface area contributed by atoms with Gasteiger partial charge >= 0.3 is 5.97 Å². The van der Waals surface area contributed by atoms with Crippen LogP contribution in [0.15, 0.2) is 23.4 Å². The SMILES string of the molecule is C=C(C)C(=O)OC=C(Cl)CCl. The van der Waals surface area contributed by atoms with Gasteiger partial charge < -0.3 is 4.74 Å². The second-order valence-electron chi connectivity index (χ2n) is 1.88. The maximum atomic E-state index is 10.7. The summed E-state index contributed by atoms with van der Waals surface area (Å²) < 4.78 is 4.54.